The van der Waals surface area contributed by atoms with Gasteiger partial charge in [0.15, 0.2) is 0 Å². The summed E-state index contributed by atoms with van der Waals surface area (Å²) < 4.78 is 0. The molecule has 0 N–H and O–H groups in total. The summed E-state index contributed by atoms with van der Waals surface area (Å²) in [6.45, 7) is 2.83. The van der Waals surface area contributed by atoms with E-state index in [9.17, 15) is 0 Å². The summed E-state index contributed by atoms with van der Waals surface area (Å²) >= 11 is 1.73. The summed E-state index contributed by atoms with van der Waals surface area (Å²) in [5.74, 6) is 2.01. The molecule has 0 bridgehead atoms. The van der Waals surface area contributed by atoms with Crippen LogP contribution < -0.4 is 4.90 Å². The van der Waals surface area contributed by atoms with Gasteiger partial charge in [0, 0.05) is 30.1 Å². The van der Waals surface area contributed by atoms with Crippen LogP contribution in [0.1, 0.15) is 18.7 Å². The third-order valence-electron chi connectivity index (χ3n) is 5.43. The molecule has 28 heavy (non-hydrogen) atoms. The van der Waals surface area contributed by atoms with Gasteiger partial charge in [-0.1, -0.05) is 30.3 Å². The van der Waals surface area contributed by atoms with Gasteiger partial charge >= 0.3 is 0 Å². The molecule has 0 radical (unpaired) electrons. The lowest BCUT2D eigenvalue weighted by atomic mass is 10.0. The SMILES string of the molecule is CN(C)Cc1nc(N2CCCC(N(C)C)C2)c2c(-c3ccccc3)csc2n1. The Labute approximate surface area is 171 Å². The maximum Gasteiger partial charge on any atom is 0.146 e. The first-order valence-electron chi connectivity index (χ1n) is 9.92. The Morgan fingerprint density at radius 2 is 1.89 bits per heavy atom. The molecule has 1 unspecified atom stereocenters. The van der Waals surface area contributed by atoms with Gasteiger partial charge in [0.1, 0.15) is 16.5 Å². The van der Waals surface area contributed by atoms with Crippen LogP contribution in [0.25, 0.3) is 21.3 Å². The van der Waals surface area contributed by atoms with Crippen LogP contribution in [-0.4, -0.2) is 67.1 Å². The molecule has 0 saturated carbocycles. The smallest absolute Gasteiger partial charge is 0.146 e. The van der Waals surface area contributed by atoms with Crippen molar-refractivity contribution in [2.75, 3.05) is 46.2 Å². The molecule has 1 aliphatic rings. The molecule has 1 atom stereocenters. The van der Waals surface area contributed by atoms with Crippen molar-refractivity contribution in [2.45, 2.75) is 25.4 Å². The van der Waals surface area contributed by atoms with Gasteiger partial charge in [-0.3, -0.25) is 0 Å². The monoisotopic (exact) mass is 395 g/mol. The van der Waals surface area contributed by atoms with Crippen LogP contribution in [0, 0.1) is 0 Å². The number of hydrogen-bond acceptors (Lipinski definition) is 6. The molecule has 1 saturated heterocycles. The van der Waals surface area contributed by atoms with E-state index >= 15 is 0 Å². The molecule has 3 aromatic rings. The Hall–Kier alpha value is -2.02. The number of hydrogen-bond donors (Lipinski definition) is 0. The molecular formula is C22H29N5S. The first kappa shape index (κ1) is 19.3. The van der Waals surface area contributed by atoms with Crippen molar-refractivity contribution in [3.63, 3.8) is 0 Å². The lowest BCUT2D eigenvalue weighted by molar-refractivity contribution is 0.257. The first-order chi connectivity index (χ1) is 13.5. The third kappa shape index (κ3) is 3.90. The van der Waals surface area contributed by atoms with Crippen molar-refractivity contribution in [2.24, 2.45) is 0 Å². The summed E-state index contributed by atoms with van der Waals surface area (Å²) in [6, 6.07) is 11.2. The summed E-state index contributed by atoms with van der Waals surface area (Å²) in [5.41, 5.74) is 2.49. The van der Waals surface area contributed by atoms with E-state index in [0.717, 1.165) is 36.1 Å². The zero-order valence-corrected chi connectivity index (χ0v) is 18.0. The molecule has 3 heterocycles. The van der Waals surface area contributed by atoms with Gasteiger partial charge in [-0.05, 0) is 46.6 Å². The van der Waals surface area contributed by atoms with Crippen LogP contribution in [0.4, 0.5) is 5.82 Å². The molecule has 5 nitrogen and oxygen atoms in total. The second-order valence-corrected chi connectivity index (χ2v) is 8.96. The quantitative estimate of drug-likeness (QED) is 0.654. The minimum atomic E-state index is 0.565. The highest BCUT2D eigenvalue weighted by Gasteiger charge is 2.26. The molecule has 6 heteroatoms. The third-order valence-corrected chi connectivity index (χ3v) is 6.30. The highest BCUT2D eigenvalue weighted by Crippen LogP contribution is 2.39. The number of rotatable bonds is 5. The van der Waals surface area contributed by atoms with E-state index in [1.54, 1.807) is 11.3 Å². The molecule has 4 rings (SSSR count). The van der Waals surface area contributed by atoms with Crippen molar-refractivity contribution in [1.29, 1.82) is 0 Å². The van der Waals surface area contributed by atoms with Crippen LogP contribution in [0.2, 0.25) is 0 Å². The number of benzene rings is 1. The fourth-order valence-corrected chi connectivity index (χ4v) is 4.91. The van der Waals surface area contributed by atoms with Gasteiger partial charge in [-0.15, -0.1) is 11.3 Å². The average Bonchev–Trinajstić information content (AvgIpc) is 3.11. The van der Waals surface area contributed by atoms with Crippen LogP contribution in [0.3, 0.4) is 0 Å². The Kier molecular flexibility index (Phi) is 5.62. The molecule has 0 amide bonds. The minimum absolute atomic E-state index is 0.565. The van der Waals surface area contributed by atoms with Gasteiger partial charge in [-0.25, -0.2) is 9.97 Å². The number of likely N-dealkylation sites (N-methyl/N-ethyl adjacent to an activating group) is 1. The van der Waals surface area contributed by atoms with Crippen molar-refractivity contribution in [3.05, 3.63) is 41.5 Å². The van der Waals surface area contributed by atoms with Gasteiger partial charge in [0.25, 0.3) is 0 Å². The number of anilines is 1. The van der Waals surface area contributed by atoms with E-state index in [1.807, 2.05) is 0 Å². The van der Waals surface area contributed by atoms with Crippen LogP contribution >= 0.6 is 11.3 Å². The van der Waals surface area contributed by atoms with Crippen molar-refractivity contribution < 1.29 is 0 Å². The zero-order valence-electron chi connectivity index (χ0n) is 17.2. The standard InChI is InChI=1S/C22H29N5S/c1-25(2)14-19-23-21(27-12-8-11-17(13-27)26(3)4)20-18(15-28-22(20)24-19)16-9-6-5-7-10-16/h5-7,9-10,15,17H,8,11-14H2,1-4H3. The molecule has 148 valence electrons. The van der Waals surface area contributed by atoms with E-state index in [2.05, 4.69) is 78.6 Å². The fraction of sp³-hybridized carbons (Fsp3) is 0.455. The molecule has 1 aromatic carbocycles. The Morgan fingerprint density at radius 3 is 2.61 bits per heavy atom. The number of nitrogens with zero attached hydrogens (tertiary/aromatic N) is 5. The maximum atomic E-state index is 5.08. The highest BCUT2D eigenvalue weighted by molar-refractivity contribution is 7.17. The van der Waals surface area contributed by atoms with E-state index < -0.39 is 0 Å². The number of piperidine rings is 1. The summed E-state index contributed by atoms with van der Waals surface area (Å²) in [7, 11) is 8.50. The van der Waals surface area contributed by atoms with E-state index in [-0.39, 0.29) is 0 Å². The topological polar surface area (TPSA) is 35.5 Å². The zero-order chi connectivity index (χ0) is 19.7. The van der Waals surface area contributed by atoms with Crippen LogP contribution in [0.15, 0.2) is 35.7 Å². The Morgan fingerprint density at radius 1 is 1.11 bits per heavy atom. The first-order valence-corrected chi connectivity index (χ1v) is 10.8. The molecule has 0 spiro atoms. The minimum Gasteiger partial charge on any atom is -0.354 e. The maximum absolute atomic E-state index is 5.08. The Bertz CT molecular complexity index is 935. The van der Waals surface area contributed by atoms with E-state index in [4.69, 9.17) is 9.97 Å². The largest absolute Gasteiger partial charge is 0.354 e. The van der Waals surface area contributed by atoms with Gasteiger partial charge in [0.05, 0.1) is 11.9 Å². The molecular weight excluding hydrogens is 366 g/mol. The van der Waals surface area contributed by atoms with Crippen molar-refractivity contribution in [3.8, 4) is 11.1 Å². The fourth-order valence-electron chi connectivity index (χ4n) is 3.95. The number of aromatic nitrogens is 2. The van der Waals surface area contributed by atoms with Crippen molar-refractivity contribution >= 4 is 27.4 Å². The normalized spacial score (nSPS) is 17.8. The highest BCUT2D eigenvalue weighted by atomic mass is 32.1. The summed E-state index contributed by atoms with van der Waals surface area (Å²) in [5, 5.41) is 3.45. The number of fused-ring (bicyclic) bond motifs is 1. The van der Waals surface area contributed by atoms with Crippen molar-refractivity contribution in [1.82, 2.24) is 19.8 Å². The number of thiophene rings is 1. The summed E-state index contributed by atoms with van der Waals surface area (Å²) in [4.78, 5) is 18.0. The molecule has 0 aliphatic carbocycles. The predicted octanol–water partition coefficient (Wildman–Crippen LogP) is 3.95. The van der Waals surface area contributed by atoms with Gasteiger partial charge in [-0.2, -0.15) is 0 Å². The molecule has 1 fully saturated rings. The second-order valence-electron chi connectivity index (χ2n) is 8.10. The summed E-state index contributed by atoms with van der Waals surface area (Å²) in [6.07, 6.45) is 2.44. The molecule has 1 aliphatic heterocycles. The predicted molar refractivity (Wildman–Crippen MR) is 119 cm³/mol. The van der Waals surface area contributed by atoms with Gasteiger partial charge in [0.2, 0.25) is 0 Å². The lowest BCUT2D eigenvalue weighted by Gasteiger charge is -2.37. The average molecular weight is 396 g/mol. The van der Waals surface area contributed by atoms with Crippen LogP contribution in [0.5, 0.6) is 0 Å². The van der Waals surface area contributed by atoms with Crippen LogP contribution in [-0.2, 0) is 6.54 Å². The molecule has 2 aromatic heterocycles. The Balaban J connectivity index is 1.84. The van der Waals surface area contributed by atoms with Gasteiger partial charge < -0.3 is 14.7 Å². The van der Waals surface area contributed by atoms with E-state index in [0.29, 0.717) is 6.04 Å². The lowest BCUT2D eigenvalue weighted by Crippen LogP contribution is -2.45. The van der Waals surface area contributed by atoms with E-state index in [1.165, 1.54) is 29.4 Å². The second kappa shape index (κ2) is 8.15.